The zero-order chi connectivity index (χ0) is 12.5. The van der Waals surface area contributed by atoms with Gasteiger partial charge >= 0.3 is 0 Å². The summed E-state index contributed by atoms with van der Waals surface area (Å²) in [6.45, 7) is 9.52. The van der Waals surface area contributed by atoms with Crippen LogP contribution in [-0.2, 0) is 0 Å². The highest BCUT2D eigenvalue weighted by atomic mass is 15.2. The molecule has 3 heteroatoms. The van der Waals surface area contributed by atoms with E-state index in [2.05, 4.69) is 23.8 Å². The fourth-order valence-electron chi connectivity index (χ4n) is 2.57. The third-order valence-corrected chi connectivity index (χ3v) is 3.89. The number of nitrogens with zero attached hydrogens (tertiary/aromatic N) is 2. The van der Waals surface area contributed by atoms with Gasteiger partial charge < -0.3 is 15.5 Å². The Bertz CT molecular complexity index is 178. The van der Waals surface area contributed by atoms with Gasteiger partial charge in [-0.25, -0.2) is 0 Å². The molecule has 0 bridgehead atoms. The van der Waals surface area contributed by atoms with Crippen LogP contribution < -0.4 is 5.73 Å². The minimum absolute atomic E-state index is 0.798. The van der Waals surface area contributed by atoms with Crippen molar-refractivity contribution < 1.29 is 0 Å². The molecular weight excluding hydrogens is 210 g/mol. The summed E-state index contributed by atoms with van der Waals surface area (Å²) in [5, 5.41) is 0. The van der Waals surface area contributed by atoms with Crippen LogP contribution in [0.5, 0.6) is 0 Å². The van der Waals surface area contributed by atoms with Gasteiger partial charge in [-0.1, -0.05) is 6.92 Å². The van der Waals surface area contributed by atoms with Crippen LogP contribution in [0.4, 0.5) is 0 Å². The molecular formula is C14H31N3. The molecule has 2 N–H and O–H groups in total. The Labute approximate surface area is 107 Å². The Morgan fingerprint density at radius 3 is 2.53 bits per heavy atom. The highest BCUT2D eigenvalue weighted by Gasteiger charge is 2.11. The minimum atomic E-state index is 0.798. The number of rotatable bonds is 9. The first-order valence-electron chi connectivity index (χ1n) is 7.33. The average Bonchev–Trinajstić information content (AvgIpc) is 2.79. The molecule has 1 rings (SSSR count). The van der Waals surface area contributed by atoms with Gasteiger partial charge in [0, 0.05) is 13.1 Å². The molecule has 1 aliphatic heterocycles. The van der Waals surface area contributed by atoms with E-state index in [-0.39, 0.29) is 0 Å². The molecule has 1 saturated heterocycles. The lowest BCUT2D eigenvalue weighted by Crippen LogP contribution is -2.32. The van der Waals surface area contributed by atoms with Crippen molar-refractivity contribution in [1.29, 1.82) is 0 Å². The van der Waals surface area contributed by atoms with Crippen molar-refractivity contribution in [3.63, 3.8) is 0 Å². The fourth-order valence-corrected chi connectivity index (χ4v) is 2.57. The third kappa shape index (κ3) is 7.02. The normalized spacial score (nSPS) is 19.1. The summed E-state index contributed by atoms with van der Waals surface area (Å²) in [6, 6.07) is 0. The largest absolute Gasteiger partial charge is 0.330 e. The summed E-state index contributed by atoms with van der Waals surface area (Å²) >= 11 is 0. The molecule has 1 unspecified atom stereocenters. The maximum Gasteiger partial charge on any atom is 0.0109 e. The van der Waals surface area contributed by atoms with Crippen LogP contribution >= 0.6 is 0 Å². The van der Waals surface area contributed by atoms with E-state index in [0.29, 0.717) is 0 Å². The molecule has 0 saturated carbocycles. The SMILES string of the molecule is CC(CCN)CCCN(C)CCN1CCCC1. The molecule has 3 nitrogen and oxygen atoms in total. The van der Waals surface area contributed by atoms with Crippen molar-refractivity contribution in [2.75, 3.05) is 46.3 Å². The molecule has 0 amide bonds. The monoisotopic (exact) mass is 241 g/mol. The fraction of sp³-hybridized carbons (Fsp3) is 1.00. The number of nitrogens with two attached hydrogens (primary N) is 1. The third-order valence-electron chi connectivity index (χ3n) is 3.89. The van der Waals surface area contributed by atoms with Gasteiger partial charge in [0.05, 0.1) is 0 Å². The molecule has 1 heterocycles. The van der Waals surface area contributed by atoms with Gasteiger partial charge in [0.15, 0.2) is 0 Å². The second-order valence-electron chi connectivity index (χ2n) is 5.68. The number of hydrogen-bond donors (Lipinski definition) is 1. The first kappa shape index (κ1) is 14.9. The van der Waals surface area contributed by atoms with Crippen molar-refractivity contribution in [2.45, 2.75) is 39.0 Å². The minimum Gasteiger partial charge on any atom is -0.330 e. The zero-order valence-corrected chi connectivity index (χ0v) is 11.8. The van der Waals surface area contributed by atoms with Crippen LogP contribution in [0.25, 0.3) is 0 Å². The van der Waals surface area contributed by atoms with Crippen molar-refractivity contribution >= 4 is 0 Å². The van der Waals surface area contributed by atoms with Crippen LogP contribution in [0, 0.1) is 5.92 Å². The topological polar surface area (TPSA) is 32.5 Å². The highest BCUT2D eigenvalue weighted by Crippen LogP contribution is 2.10. The van der Waals surface area contributed by atoms with Crippen LogP contribution in [0.3, 0.4) is 0 Å². The van der Waals surface area contributed by atoms with Crippen molar-refractivity contribution in [1.82, 2.24) is 9.80 Å². The molecule has 1 aliphatic rings. The van der Waals surface area contributed by atoms with Crippen molar-refractivity contribution in [2.24, 2.45) is 11.7 Å². The van der Waals surface area contributed by atoms with Crippen molar-refractivity contribution in [3.05, 3.63) is 0 Å². The maximum absolute atomic E-state index is 5.56. The quantitative estimate of drug-likeness (QED) is 0.668. The molecule has 0 radical (unpaired) electrons. The first-order chi connectivity index (χ1) is 8.22. The molecule has 102 valence electrons. The average molecular weight is 241 g/mol. The number of likely N-dealkylation sites (N-methyl/N-ethyl adjacent to an activating group) is 1. The van der Waals surface area contributed by atoms with Gasteiger partial charge in [-0.05, 0) is 71.2 Å². The van der Waals surface area contributed by atoms with Gasteiger partial charge in [-0.3, -0.25) is 0 Å². The Morgan fingerprint density at radius 2 is 1.88 bits per heavy atom. The van der Waals surface area contributed by atoms with E-state index in [9.17, 15) is 0 Å². The van der Waals surface area contributed by atoms with Crippen LogP contribution in [0.15, 0.2) is 0 Å². The van der Waals surface area contributed by atoms with E-state index in [1.807, 2.05) is 0 Å². The molecule has 0 aromatic carbocycles. The molecule has 17 heavy (non-hydrogen) atoms. The standard InChI is InChI=1S/C14H31N3/c1-14(7-8-15)6-5-9-16(2)12-13-17-10-3-4-11-17/h14H,3-13,15H2,1-2H3. The number of likely N-dealkylation sites (tertiary alicyclic amines) is 1. The second-order valence-corrected chi connectivity index (χ2v) is 5.68. The van der Waals surface area contributed by atoms with Gasteiger partial charge in [-0.15, -0.1) is 0 Å². The van der Waals surface area contributed by atoms with Crippen LogP contribution in [0.2, 0.25) is 0 Å². The summed E-state index contributed by atoms with van der Waals surface area (Å²) in [5.41, 5.74) is 5.56. The second kappa shape index (κ2) is 8.90. The maximum atomic E-state index is 5.56. The summed E-state index contributed by atoms with van der Waals surface area (Å²) in [7, 11) is 2.25. The van der Waals surface area contributed by atoms with E-state index in [4.69, 9.17) is 5.73 Å². The molecule has 0 aliphatic carbocycles. The van der Waals surface area contributed by atoms with E-state index in [1.165, 1.54) is 64.8 Å². The predicted octanol–water partition coefficient (Wildman–Crippen LogP) is 1.78. The lowest BCUT2D eigenvalue weighted by atomic mass is 10.0. The highest BCUT2D eigenvalue weighted by molar-refractivity contribution is 4.67. The van der Waals surface area contributed by atoms with E-state index >= 15 is 0 Å². The van der Waals surface area contributed by atoms with Gasteiger partial charge in [0.2, 0.25) is 0 Å². The zero-order valence-electron chi connectivity index (χ0n) is 11.8. The Morgan fingerprint density at radius 1 is 1.18 bits per heavy atom. The van der Waals surface area contributed by atoms with E-state index in [0.717, 1.165) is 12.5 Å². The van der Waals surface area contributed by atoms with E-state index < -0.39 is 0 Å². The van der Waals surface area contributed by atoms with Crippen LogP contribution in [-0.4, -0.2) is 56.1 Å². The Balaban J connectivity index is 1.94. The van der Waals surface area contributed by atoms with Gasteiger partial charge in [0.1, 0.15) is 0 Å². The molecule has 0 spiro atoms. The number of hydrogen-bond acceptors (Lipinski definition) is 3. The molecule has 0 aromatic rings. The van der Waals surface area contributed by atoms with Crippen molar-refractivity contribution in [3.8, 4) is 0 Å². The van der Waals surface area contributed by atoms with Gasteiger partial charge in [-0.2, -0.15) is 0 Å². The molecule has 0 aromatic heterocycles. The Kier molecular flexibility index (Phi) is 7.82. The molecule has 1 atom stereocenters. The predicted molar refractivity (Wildman–Crippen MR) is 75.2 cm³/mol. The summed E-state index contributed by atoms with van der Waals surface area (Å²) in [6.07, 6.45) is 6.63. The van der Waals surface area contributed by atoms with Gasteiger partial charge in [0.25, 0.3) is 0 Å². The molecule has 1 fully saturated rings. The smallest absolute Gasteiger partial charge is 0.0109 e. The Hall–Kier alpha value is -0.120. The van der Waals surface area contributed by atoms with E-state index in [1.54, 1.807) is 0 Å². The summed E-state index contributed by atoms with van der Waals surface area (Å²) in [5.74, 6) is 0.798. The van der Waals surface area contributed by atoms with Crippen LogP contribution in [0.1, 0.15) is 39.0 Å². The summed E-state index contributed by atoms with van der Waals surface area (Å²) < 4.78 is 0. The first-order valence-corrected chi connectivity index (χ1v) is 7.33. The lowest BCUT2D eigenvalue weighted by Gasteiger charge is -2.21. The lowest BCUT2D eigenvalue weighted by molar-refractivity contribution is 0.250. The summed E-state index contributed by atoms with van der Waals surface area (Å²) in [4.78, 5) is 5.07.